The maximum absolute atomic E-state index is 12.1. The van der Waals surface area contributed by atoms with Gasteiger partial charge in [-0.1, -0.05) is 26.7 Å². The molecule has 0 bridgehead atoms. The van der Waals surface area contributed by atoms with Gasteiger partial charge in [0.05, 0.1) is 5.51 Å². The maximum atomic E-state index is 12.1. The first-order valence-corrected chi connectivity index (χ1v) is 6.91. The van der Waals surface area contributed by atoms with Gasteiger partial charge in [0.1, 0.15) is 5.69 Å². The van der Waals surface area contributed by atoms with Crippen molar-refractivity contribution >= 4 is 17.2 Å². The largest absolute Gasteiger partial charge is 0.337 e. The fourth-order valence-electron chi connectivity index (χ4n) is 1.49. The molecule has 0 spiro atoms. The molecule has 1 aromatic rings. The number of hydrogen-bond donors (Lipinski definition) is 0. The second-order valence-corrected chi connectivity index (χ2v) is 4.59. The number of nitrogens with zero attached hydrogens (tertiary/aromatic N) is 2. The van der Waals surface area contributed by atoms with Crippen LogP contribution < -0.4 is 0 Å². The van der Waals surface area contributed by atoms with Crippen molar-refractivity contribution in [3.63, 3.8) is 0 Å². The van der Waals surface area contributed by atoms with Gasteiger partial charge in [0.25, 0.3) is 5.91 Å². The third kappa shape index (κ3) is 3.93. The fourth-order valence-corrected chi connectivity index (χ4v) is 2.02. The van der Waals surface area contributed by atoms with E-state index in [1.54, 1.807) is 5.51 Å². The lowest BCUT2D eigenvalue weighted by molar-refractivity contribution is 0.0746. The van der Waals surface area contributed by atoms with Crippen LogP contribution in [0.3, 0.4) is 0 Å². The minimum Gasteiger partial charge on any atom is -0.337 e. The van der Waals surface area contributed by atoms with Crippen molar-refractivity contribution in [1.82, 2.24) is 9.88 Å². The van der Waals surface area contributed by atoms with Crippen molar-refractivity contribution in [1.29, 1.82) is 0 Å². The van der Waals surface area contributed by atoms with Crippen LogP contribution in [0.1, 0.15) is 50.0 Å². The third-order valence-corrected chi connectivity index (χ3v) is 3.09. The monoisotopic (exact) mass is 240 g/mol. The number of aromatic nitrogens is 1. The zero-order valence-corrected chi connectivity index (χ0v) is 10.9. The molecule has 0 unspecified atom stereocenters. The lowest BCUT2D eigenvalue weighted by Crippen LogP contribution is -2.33. The minimum atomic E-state index is 0.0863. The Morgan fingerprint density at radius 3 is 2.38 bits per heavy atom. The van der Waals surface area contributed by atoms with E-state index in [2.05, 4.69) is 18.8 Å². The number of thiazole rings is 1. The molecule has 1 rings (SSSR count). The third-order valence-electron chi connectivity index (χ3n) is 2.50. The topological polar surface area (TPSA) is 33.2 Å². The highest BCUT2D eigenvalue weighted by Crippen LogP contribution is 2.08. The number of unbranched alkanes of at least 4 members (excludes halogenated alkanes) is 2. The lowest BCUT2D eigenvalue weighted by atomic mass is 10.2. The molecule has 3 nitrogen and oxygen atoms in total. The van der Waals surface area contributed by atoms with Gasteiger partial charge >= 0.3 is 0 Å². The van der Waals surface area contributed by atoms with E-state index in [1.807, 2.05) is 10.3 Å². The van der Waals surface area contributed by atoms with E-state index in [4.69, 9.17) is 0 Å². The van der Waals surface area contributed by atoms with Gasteiger partial charge in [0.2, 0.25) is 0 Å². The molecular weight excluding hydrogens is 220 g/mol. The standard InChI is InChI=1S/C12H20N2OS/c1-3-5-7-14(8-6-4-2)12(15)11-9-16-10-13-11/h9-10H,3-8H2,1-2H3. The lowest BCUT2D eigenvalue weighted by Gasteiger charge is -2.21. The van der Waals surface area contributed by atoms with E-state index in [9.17, 15) is 4.79 Å². The molecule has 90 valence electrons. The quantitative estimate of drug-likeness (QED) is 0.733. The molecule has 0 radical (unpaired) electrons. The van der Waals surface area contributed by atoms with Crippen molar-refractivity contribution in [2.75, 3.05) is 13.1 Å². The van der Waals surface area contributed by atoms with E-state index in [1.165, 1.54) is 11.3 Å². The number of hydrogen-bond acceptors (Lipinski definition) is 3. The molecule has 16 heavy (non-hydrogen) atoms. The predicted octanol–water partition coefficient (Wildman–Crippen LogP) is 3.19. The van der Waals surface area contributed by atoms with Gasteiger partial charge in [0.15, 0.2) is 0 Å². The summed E-state index contributed by atoms with van der Waals surface area (Å²) < 4.78 is 0. The number of rotatable bonds is 7. The predicted molar refractivity (Wildman–Crippen MR) is 67.8 cm³/mol. The van der Waals surface area contributed by atoms with Gasteiger partial charge in [-0.25, -0.2) is 4.98 Å². The van der Waals surface area contributed by atoms with Gasteiger partial charge in [-0.15, -0.1) is 11.3 Å². The first-order chi connectivity index (χ1) is 7.79. The summed E-state index contributed by atoms with van der Waals surface area (Å²) in [5.74, 6) is 0.0863. The Morgan fingerprint density at radius 1 is 1.31 bits per heavy atom. The van der Waals surface area contributed by atoms with Crippen LogP contribution >= 0.6 is 11.3 Å². The van der Waals surface area contributed by atoms with Crippen molar-refractivity contribution < 1.29 is 4.79 Å². The summed E-state index contributed by atoms with van der Waals surface area (Å²) in [7, 11) is 0. The fraction of sp³-hybridized carbons (Fsp3) is 0.667. The highest BCUT2D eigenvalue weighted by molar-refractivity contribution is 7.07. The minimum absolute atomic E-state index is 0.0863. The second kappa shape index (κ2) is 7.39. The highest BCUT2D eigenvalue weighted by atomic mass is 32.1. The van der Waals surface area contributed by atoms with Crippen LogP contribution in [0.15, 0.2) is 10.9 Å². The molecule has 4 heteroatoms. The van der Waals surface area contributed by atoms with E-state index in [0.29, 0.717) is 5.69 Å². The number of carbonyl (C=O) groups excluding carboxylic acids is 1. The Kier molecular flexibility index (Phi) is 6.08. The molecule has 0 saturated heterocycles. The molecule has 1 aromatic heterocycles. The Balaban J connectivity index is 2.56. The van der Waals surface area contributed by atoms with Gasteiger partial charge in [0, 0.05) is 18.5 Å². The summed E-state index contributed by atoms with van der Waals surface area (Å²) in [4.78, 5) is 18.1. The summed E-state index contributed by atoms with van der Waals surface area (Å²) in [6.45, 7) is 6.00. The first-order valence-electron chi connectivity index (χ1n) is 5.97. The highest BCUT2D eigenvalue weighted by Gasteiger charge is 2.15. The average molecular weight is 240 g/mol. The Hall–Kier alpha value is -0.900. The van der Waals surface area contributed by atoms with Crippen LogP contribution in [0.2, 0.25) is 0 Å². The molecule has 0 atom stereocenters. The zero-order chi connectivity index (χ0) is 11.8. The van der Waals surface area contributed by atoms with Crippen molar-refractivity contribution in [3.05, 3.63) is 16.6 Å². The van der Waals surface area contributed by atoms with Crippen LogP contribution in [0.4, 0.5) is 0 Å². The molecular formula is C12H20N2OS. The molecule has 0 aliphatic heterocycles. The summed E-state index contributed by atoms with van der Waals surface area (Å²) in [5, 5.41) is 1.83. The summed E-state index contributed by atoms with van der Waals surface area (Å²) in [6.07, 6.45) is 4.37. The van der Waals surface area contributed by atoms with Gasteiger partial charge in [-0.2, -0.15) is 0 Å². The summed E-state index contributed by atoms with van der Waals surface area (Å²) in [6, 6.07) is 0. The average Bonchev–Trinajstić information content (AvgIpc) is 2.82. The first kappa shape index (κ1) is 13.2. The molecule has 1 heterocycles. The molecule has 0 N–H and O–H groups in total. The summed E-state index contributed by atoms with van der Waals surface area (Å²) in [5.41, 5.74) is 2.31. The molecule has 0 fully saturated rings. The van der Waals surface area contributed by atoms with Gasteiger partial charge < -0.3 is 4.90 Å². The van der Waals surface area contributed by atoms with E-state index in [-0.39, 0.29) is 5.91 Å². The normalized spacial score (nSPS) is 10.4. The second-order valence-electron chi connectivity index (χ2n) is 3.87. The molecule has 0 aliphatic carbocycles. The van der Waals surface area contributed by atoms with Crippen LogP contribution in [0.5, 0.6) is 0 Å². The van der Waals surface area contributed by atoms with Crippen LogP contribution in [0, 0.1) is 0 Å². The Labute approximate surface area is 101 Å². The van der Waals surface area contributed by atoms with E-state index < -0.39 is 0 Å². The molecule has 1 amide bonds. The zero-order valence-electron chi connectivity index (χ0n) is 10.1. The van der Waals surface area contributed by atoms with Gasteiger partial charge in [-0.3, -0.25) is 4.79 Å². The smallest absolute Gasteiger partial charge is 0.273 e. The molecule has 0 saturated carbocycles. The van der Waals surface area contributed by atoms with Crippen molar-refractivity contribution in [3.8, 4) is 0 Å². The van der Waals surface area contributed by atoms with Crippen molar-refractivity contribution in [2.24, 2.45) is 0 Å². The number of carbonyl (C=O) groups is 1. The number of amides is 1. The maximum Gasteiger partial charge on any atom is 0.273 e. The summed E-state index contributed by atoms with van der Waals surface area (Å²) >= 11 is 1.47. The molecule has 0 aromatic carbocycles. The van der Waals surface area contributed by atoms with Crippen molar-refractivity contribution in [2.45, 2.75) is 39.5 Å². The Bertz CT molecular complexity index is 290. The van der Waals surface area contributed by atoms with Crippen LogP contribution in [0.25, 0.3) is 0 Å². The van der Waals surface area contributed by atoms with Crippen LogP contribution in [-0.2, 0) is 0 Å². The van der Waals surface area contributed by atoms with E-state index in [0.717, 1.165) is 38.8 Å². The molecule has 0 aliphatic rings. The van der Waals surface area contributed by atoms with Gasteiger partial charge in [-0.05, 0) is 12.8 Å². The Morgan fingerprint density at radius 2 is 1.94 bits per heavy atom. The van der Waals surface area contributed by atoms with Crippen LogP contribution in [-0.4, -0.2) is 28.9 Å². The van der Waals surface area contributed by atoms with E-state index >= 15 is 0 Å². The SMILES string of the molecule is CCCCN(CCCC)C(=O)c1cscn1.